The number of halogens is 3. The molecule has 3 aliphatic rings. The molecule has 0 spiro atoms. The van der Waals surface area contributed by atoms with Crippen LogP contribution in [0.15, 0.2) is 38.9 Å². The summed E-state index contributed by atoms with van der Waals surface area (Å²) in [6.07, 6.45) is 7.54. The standard InChI is InChI=1S/C27H29Br2ClN4O2/c28-19-14-18-1-2-21-20(3-4-22(30)25(21)29)24(26(18)32-15-19)17-7-11-33(12-8-17)23(35)13-16-5-9-34(10-6-16)27(31)36/h3-4,14-16H,1-2,5-13H2,(H2,31,36). The molecule has 0 radical (unpaired) electrons. The molecule has 0 atom stereocenters. The molecule has 1 aliphatic carbocycles. The Hall–Kier alpha value is -1.90. The van der Waals surface area contributed by atoms with Crippen LogP contribution in [-0.2, 0) is 17.6 Å². The lowest BCUT2D eigenvalue weighted by Crippen LogP contribution is -2.43. The molecule has 0 saturated carbocycles. The second-order valence-electron chi connectivity index (χ2n) is 9.88. The van der Waals surface area contributed by atoms with Crippen LogP contribution in [-0.4, -0.2) is 52.9 Å². The summed E-state index contributed by atoms with van der Waals surface area (Å²) in [5.41, 5.74) is 12.6. The Bertz CT molecular complexity index is 1230. The zero-order valence-electron chi connectivity index (χ0n) is 20.0. The Balaban J connectivity index is 1.36. The van der Waals surface area contributed by atoms with Crippen molar-refractivity contribution in [1.82, 2.24) is 14.8 Å². The molecule has 2 aliphatic heterocycles. The Kier molecular flexibility index (Phi) is 7.75. The summed E-state index contributed by atoms with van der Waals surface area (Å²) in [6.45, 7) is 2.72. The molecule has 3 amide bonds. The molecule has 2 fully saturated rings. The van der Waals surface area contributed by atoms with Gasteiger partial charge in [0.05, 0.1) is 10.7 Å². The fourth-order valence-electron chi connectivity index (χ4n) is 5.72. The van der Waals surface area contributed by atoms with Gasteiger partial charge in [0.1, 0.15) is 0 Å². The lowest BCUT2D eigenvalue weighted by Gasteiger charge is -2.34. The Labute approximate surface area is 233 Å². The number of urea groups is 1. The molecule has 2 aromatic rings. The van der Waals surface area contributed by atoms with Crippen molar-refractivity contribution in [1.29, 1.82) is 0 Å². The van der Waals surface area contributed by atoms with Crippen LogP contribution < -0.4 is 5.73 Å². The van der Waals surface area contributed by atoms with Gasteiger partial charge in [-0.3, -0.25) is 9.78 Å². The third-order valence-electron chi connectivity index (χ3n) is 7.74. The zero-order valence-corrected chi connectivity index (χ0v) is 24.0. The number of fused-ring (bicyclic) bond motifs is 2. The molecule has 1 aromatic carbocycles. The molecule has 36 heavy (non-hydrogen) atoms. The third kappa shape index (κ3) is 5.22. The maximum Gasteiger partial charge on any atom is 0.314 e. The fourth-order valence-corrected chi connectivity index (χ4v) is 6.82. The number of hydrogen-bond donors (Lipinski definition) is 1. The highest BCUT2D eigenvalue weighted by atomic mass is 79.9. The van der Waals surface area contributed by atoms with Crippen molar-refractivity contribution in [3.8, 4) is 0 Å². The molecule has 9 heteroatoms. The van der Waals surface area contributed by atoms with Gasteiger partial charge in [0, 0.05) is 53.3 Å². The van der Waals surface area contributed by atoms with Crippen LogP contribution in [0.4, 0.5) is 4.79 Å². The minimum Gasteiger partial charge on any atom is -0.351 e. The van der Waals surface area contributed by atoms with Crippen molar-refractivity contribution in [3.05, 3.63) is 66.3 Å². The minimum absolute atomic E-state index is 0.217. The Morgan fingerprint density at radius 1 is 1.03 bits per heavy atom. The van der Waals surface area contributed by atoms with Crippen molar-refractivity contribution in [2.24, 2.45) is 11.7 Å². The molecule has 3 heterocycles. The maximum atomic E-state index is 13.1. The highest BCUT2D eigenvalue weighted by Gasteiger charge is 2.30. The molecular weight excluding hydrogens is 608 g/mol. The third-order valence-corrected chi connectivity index (χ3v) is 9.63. The van der Waals surface area contributed by atoms with Crippen molar-refractivity contribution >= 4 is 61.0 Å². The summed E-state index contributed by atoms with van der Waals surface area (Å²) in [7, 11) is 0. The molecular formula is C27H29Br2ClN4O2. The number of aromatic nitrogens is 1. The van der Waals surface area contributed by atoms with Gasteiger partial charge in [-0.15, -0.1) is 0 Å². The highest BCUT2D eigenvalue weighted by Crippen LogP contribution is 2.42. The number of carbonyl (C=O) groups excluding carboxylic acids is 2. The molecule has 190 valence electrons. The van der Waals surface area contributed by atoms with E-state index in [0.29, 0.717) is 38.5 Å². The lowest BCUT2D eigenvalue weighted by molar-refractivity contribution is -0.132. The normalized spacial score (nSPS) is 18.5. The van der Waals surface area contributed by atoms with E-state index in [9.17, 15) is 9.59 Å². The van der Waals surface area contributed by atoms with Crippen LogP contribution in [0.25, 0.3) is 5.57 Å². The summed E-state index contributed by atoms with van der Waals surface area (Å²) in [5.74, 6) is 0.535. The van der Waals surface area contributed by atoms with Gasteiger partial charge >= 0.3 is 6.03 Å². The molecule has 1 aromatic heterocycles. The number of piperidine rings is 2. The predicted molar refractivity (Wildman–Crippen MR) is 149 cm³/mol. The summed E-state index contributed by atoms with van der Waals surface area (Å²) >= 11 is 13.8. The summed E-state index contributed by atoms with van der Waals surface area (Å²) in [5, 5.41) is 0.722. The molecule has 2 saturated heterocycles. The van der Waals surface area contributed by atoms with Crippen molar-refractivity contribution < 1.29 is 9.59 Å². The average Bonchev–Trinajstić information content (AvgIpc) is 3.03. The van der Waals surface area contributed by atoms with E-state index in [1.807, 2.05) is 17.2 Å². The van der Waals surface area contributed by atoms with Gasteiger partial charge in [0.2, 0.25) is 5.91 Å². The van der Waals surface area contributed by atoms with Crippen molar-refractivity contribution in [2.75, 3.05) is 26.2 Å². The van der Waals surface area contributed by atoms with Gasteiger partial charge in [-0.1, -0.05) is 23.2 Å². The number of hydrogen-bond acceptors (Lipinski definition) is 3. The molecule has 0 bridgehead atoms. The molecule has 2 N–H and O–H groups in total. The second-order valence-corrected chi connectivity index (χ2v) is 12.0. The van der Waals surface area contributed by atoms with Crippen LogP contribution in [0.1, 0.15) is 54.5 Å². The van der Waals surface area contributed by atoms with Gasteiger partial charge in [-0.25, -0.2) is 4.79 Å². The van der Waals surface area contributed by atoms with Crippen molar-refractivity contribution in [2.45, 2.75) is 44.9 Å². The van der Waals surface area contributed by atoms with Crippen LogP contribution in [0.3, 0.4) is 0 Å². The van der Waals surface area contributed by atoms with E-state index in [1.165, 1.54) is 27.8 Å². The van der Waals surface area contributed by atoms with Crippen LogP contribution in [0, 0.1) is 5.92 Å². The summed E-state index contributed by atoms with van der Waals surface area (Å²) < 4.78 is 1.94. The van der Waals surface area contributed by atoms with E-state index in [-0.39, 0.29) is 11.9 Å². The van der Waals surface area contributed by atoms with Crippen LogP contribution in [0.5, 0.6) is 0 Å². The van der Waals surface area contributed by atoms with Gasteiger partial charge in [-0.2, -0.15) is 0 Å². The monoisotopic (exact) mass is 634 g/mol. The summed E-state index contributed by atoms with van der Waals surface area (Å²) in [6, 6.07) is 5.89. The largest absolute Gasteiger partial charge is 0.351 e. The van der Waals surface area contributed by atoms with E-state index >= 15 is 0 Å². The molecule has 5 rings (SSSR count). The van der Waals surface area contributed by atoms with E-state index in [0.717, 1.165) is 58.2 Å². The number of carbonyl (C=O) groups is 2. The first-order valence-electron chi connectivity index (χ1n) is 12.5. The minimum atomic E-state index is -0.366. The van der Waals surface area contributed by atoms with E-state index in [2.05, 4.69) is 44.0 Å². The molecule has 6 nitrogen and oxygen atoms in total. The quantitative estimate of drug-likeness (QED) is 0.442. The van der Waals surface area contributed by atoms with E-state index in [4.69, 9.17) is 22.3 Å². The van der Waals surface area contributed by atoms with Gasteiger partial charge in [0.25, 0.3) is 0 Å². The zero-order chi connectivity index (χ0) is 25.4. The Morgan fingerprint density at radius 3 is 2.44 bits per heavy atom. The van der Waals surface area contributed by atoms with E-state index < -0.39 is 0 Å². The lowest BCUT2D eigenvalue weighted by atomic mass is 9.88. The number of amides is 3. The summed E-state index contributed by atoms with van der Waals surface area (Å²) in [4.78, 5) is 33.0. The number of pyridine rings is 1. The van der Waals surface area contributed by atoms with Crippen LogP contribution in [0.2, 0.25) is 5.02 Å². The average molecular weight is 637 g/mol. The van der Waals surface area contributed by atoms with Crippen molar-refractivity contribution in [3.63, 3.8) is 0 Å². The number of benzene rings is 1. The number of rotatable bonds is 2. The first-order chi connectivity index (χ1) is 17.3. The van der Waals surface area contributed by atoms with Crippen LogP contribution >= 0.6 is 43.5 Å². The first-order valence-corrected chi connectivity index (χ1v) is 14.4. The number of nitrogens with zero attached hydrogens (tertiary/aromatic N) is 3. The number of primary amides is 1. The van der Waals surface area contributed by atoms with Gasteiger partial charge in [0.15, 0.2) is 0 Å². The smallest absolute Gasteiger partial charge is 0.314 e. The fraction of sp³-hybridized carbons (Fsp3) is 0.444. The van der Waals surface area contributed by atoms with Gasteiger partial charge < -0.3 is 15.5 Å². The predicted octanol–water partition coefficient (Wildman–Crippen LogP) is 5.96. The highest BCUT2D eigenvalue weighted by molar-refractivity contribution is 9.10. The number of nitrogens with two attached hydrogens (primary N) is 1. The SMILES string of the molecule is NC(=O)N1CCC(CC(=O)N2CCC(=C3c4ccc(Cl)c(Br)c4CCc4cc(Br)cnc43)CC2)CC1. The topological polar surface area (TPSA) is 79.5 Å². The Morgan fingerprint density at radius 2 is 1.75 bits per heavy atom. The number of likely N-dealkylation sites (tertiary alicyclic amines) is 2. The van der Waals surface area contributed by atoms with E-state index in [1.54, 1.807) is 4.90 Å². The second kappa shape index (κ2) is 10.8. The van der Waals surface area contributed by atoms with Gasteiger partial charge in [-0.05, 0) is 105 Å². The molecule has 0 unspecified atom stereocenters. The first kappa shape index (κ1) is 25.7. The number of aryl methyl sites for hydroxylation is 1. The maximum absolute atomic E-state index is 13.1.